The van der Waals surface area contributed by atoms with Crippen molar-refractivity contribution in [3.05, 3.63) is 29.8 Å². The lowest BCUT2D eigenvalue weighted by Gasteiger charge is -2.20. The third-order valence-electron chi connectivity index (χ3n) is 4.31. The molecule has 0 spiro atoms. The summed E-state index contributed by atoms with van der Waals surface area (Å²) < 4.78 is 0. The first kappa shape index (κ1) is 16.4. The molecule has 1 aromatic rings. The molecule has 0 N–H and O–H groups in total. The van der Waals surface area contributed by atoms with E-state index in [4.69, 9.17) is 0 Å². The van der Waals surface area contributed by atoms with E-state index in [0.29, 0.717) is 18.5 Å². The highest BCUT2D eigenvalue weighted by Crippen LogP contribution is 2.33. The Balaban J connectivity index is 2.24. The van der Waals surface area contributed by atoms with Gasteiger partial charge in [0.15, 0.2) is 0 Å². The Hall–Kier alpha value is -1.97. The first-order chi connectivity index (χ1) is 10.5. The average molecular weight is 301 g/mol. The average Bonchev–Trinajstić information content (AvgIpc) is 2.77. The van der Waals surface area contributed by atoms with Gasteiger partial charge in [-0.25, -0.2) is 0 Å². The molecule has 1 aromatic carbocycles. The van der Waals surface area contributed by atoms with Crippen LogP contribution in [0, 0.1) is 18.8 Å². The second-order valence-electron chi connectivity index (χ2n) is 5.94. The van der Waals surface area contributed by atoms with Gasteiger partial charge in [-0.3, -0.25) is 19.3 Å². The lowest BCUT2D eigenvalue weighted by Crippen LogP contribution is -2.34. The van der Waals surface area contributed by atoms with Crippen LogP contribution in [0.15, 0.2) is 24.3 Å². The summed E-state index contributed by atoms with van der Waals surface area (Å²) in [6.45, 7) is 5.81. The number of rotatable bonds is 6. The van der Waals surface area contributed by atoms with Crippen molar-refractivity contribution in [1.82, 2.24) is 0 Å². The number of Topliss-reactive ketones (excluding diaryl/α,β-unsaturated/α-hetero) is 1. The minimum Gasteiger partial charge on any atom is -0.299 e. The van der Waals surface area contributed by atoms with E-state index in [-0.39, 0.29) is 29.9 Å². The maximum atomic E-state index is 12.7. The van der Waals surface area contributed by atoms with Crippen LogP contribution in [0.4, 0.5) is 5.69 Å². The predicted octanol–water partition coefficient (Wildman–Crippen LogP) is 3.27. The van der Waals surface area contributed by atoms with Crippen molar-refractivity contribution in [2.75, 3.05) is 4.90 Å². The molecule has 4 nitrogen and oxygen atoms in total. The Morgan fingerprint density at radius 2 is 1.86 bits per heavy atom. The van der Waals surface area contributed by atoms with Crippen molar-refractivity contribution in [2.24, 2.45) is 11.8 Å². The second-order valence-corrected chi connectivity index (χ2v) is 5.94. The quantitative estimate of drug-likeness (QED) is 0.758. The van der Waals surface area contributed by atoms with E-state index in [1.54, 1.807) is 12.1 Å². The monoisotopic (exact) mass is 301 g/mol. The normalized spacial score (nSPS) is 19.6. The van der Waals surface area contributed by atoms with Crippen LogP contribution in [-0.4, -0.2) is 17.6 Å². The number of ketones is 1. The smallest absolute Gasteiger partial charge is 0.238 e. The van der Waals surface area contributed by atoms with E-state index >= 15 is 0 Å². The molecule has 2 unspecified atom stereocenters. The lowest BCUT2D eigenvalue weighted by atomic mass is 9.84. The summed E-state index contributed by atoms with van der Waals surface area (Å²) in [7, 11) is 0. The number of amides is 2. The number of benzene rings is 1. The molecule has 0 aromatic heterocycles. The first-order valence-electron chi connectivity index (χ1n) is 7.95. The largest absolute Gasteiger partial charge is 0.299 e. The molecule has 2 atom stereocenters. The number of hydrogen-bond donors (Lipinski definition) is 0. The van der Waals surface area contributed by atoms with Crippen molar-refractivity contribution in [1.29, 1.82) is 0 Å². The number of nitrogens with zero attached hydrogens (tertiary/aromatic N) is 1. The fourth-order valence-electron chi connectivity index (χ4n) is 3.10. The fraction of sp³-hybridized carbons (Fsp3) is 0.500. The van der Waals surface area contributed by atoms with Crippen LogP contribution in [0.25, 0.3) is 0 Å². The van der Waals surface area contributed by atoms with Crippen molar-refractivity contribution < 1.29 is 14.4 Å². The van der Waals surface area contributed by atoms with Gasteiger partial charge in [0.1, 0.15) is 5.78 Å². The van der Waals surface area contributed by atoms with E-state index < -0.39 is 5.92 Å². The van der Waals surface area contributed by atoms with E-state index in [0.717, 1.165) is 12.0 Å². The highest BCUT2D eigenvalue weighted by Gasteiger charge is 2.44. The number of aryl methyl sites for hydroxylation is 1. The third-order valence-corrected chi connectivity index (χ3v) is 4.31. The summed E-state index contributed by atoms with van der Waals surface area (Å²) in [5.41, 5.74) is 1.67. The third kappa shape index (κ3) is 3.11. The minimum atomic E-state index is -0.502. The van der Waals surface area contributed by atoms with E-state index in [1.165, 1.54) is 4.90 Å². The summed E-state index contributed by atoms with van der Waals surface area (Å²) in [6.07, 6.45) is 1.98. The maximum Gasteiger partial charge on any atom is 0.238 e. The van der Waals surface area contributed by atoms with Crippen molar-refractivity contribution in [2.45, 2.75) is 46.5 Å². The van der Waals surface area contributed by atoms with Gasteiger partial charge >= 0.3 is 0 Å². The molecule has 4 heteroatoms. The number of hydrogen-bond acceptors (Lipinski definition) is 3. The number of carbonyl (C=O) groups is 3. The van der Waals surface area contributed by atoms with Crippen LogP contribution in [0.5, 0.6) is 0 Å². The van der Waals surface area contributed by atoms with Gasteiger partial charge in [-0.15, -0.1) is 0 Å². The van der Waals surface area contributed by atoms with Gasteiger partial charge in [0.05, 0.1) is 11.6 Å². The molecule has 0 aliphatic carbocycles. The van der Waals surface area contributed by atoms with Gasteiger partial charge in [0.25, 0.3) is 0 Å². The van der Waals surface area contributed by atoms with Gasteiger partial charge < -0.3 is 0 Å². The van der Waals surface area contributed by atoms with Crippen LogP contribution in [0.2, 0.25) is 0 Å². The highest BCUT2D eigenvalue weighted by atomic mass is 16.2. The summed E-state index contributed by atoms with van der Waals surface area (Å²) >= 11 is 0. The molecule has 1 aliphatic heterocycles. The molecule has 0 radical (unpaired) electrons. The van der Waals surface area contributed by atoms with Gasteiger partial charge in [-0.2, -0.15) is 0 Å². The highest BCUT2D eigenvalue weighted by molar-refractivity contribution is 6.21. The second kappa shape index (κ2) is 6.86. The molecule has 118 valence electrons. The Labute approximate surface area is 131 Å². The minimum absolute atomic E-state index is 0.0990. The summed E-state index contributed by atoms with van der Waals surface area (Å²) in [6, 6.07) is 7.32. The Morgan fingerprint density at radius 1 is 1.23 bits per heavy atom. The molecule has 22 heavy (non-hydrogen) atoms. The van der Waals surface area contributed by atoms with E-state index in [1.807, 2.05) is 32.9 Å². The zero-order valence-electron chi connectivity index (χ0n) is 13.5. The fourth-order valence-corrected chi connectivity index (χ4v) is 3.10. The molecule has 1 heterocycles. The molecule has 2 amide bonds. The van der Waals surface area contributed by atoms with E-state index in [2.05, 4.69) is 0 Å². The van der Waals surface area contributed by atoms with Crippen LogP contribution in [0.1, 0.15) is 45.1 Å². The Kier molecular flexibility index (Phi) is 5.11. The molecule has 1 aliphatic rings. The predicted molar refractivity (Wildman–Crippen MR) is 85.5 cm³/mol. The number of imide groups is 1. The van der Waals surface area contributed by atoms with Crippen molar-refractivity contribution in [3.63, 3.8) is 0 Å². The molecule has 0 bridgehead atoms. The molecular formula is C18H23NO3. The van der Waals surface area contributed by atoms with Gasteiger partial charge in [-0.05, 0) is 31.9 Å². The maximum absolute atomic E-state index is 12.7. The SMILES string of the molecule is CCCC(=O)C(CC)C1CC(=O)N(c2ccc(C)cc2)C1=O. The standard InChI is InChI=1S/C18H23NO3/c1-4-6-16(20)14(5-2)15-11-17(21)19(18(15)22)13-9-7-12(3)8-10-13/h7-10,14-15H,4-6,11H2,1-3H3. The molecule has 1 fully saturated rings. The number of anilines is 1. The van der Waals surface area contributed by atoms with Crippen LogP contribution < -0.4 is 4.90 Å². The summed E-state index contributed by atoms with van der Waals surface area (Å²) in [5.74, 6) is -1.18. The van der Waals surface area contributed by atoms with E-state index in [9.17, 15) is 14.4 Å². The van der Waals surface area contributed by atoms with Gasteiger partial charge in [0, 0.05) is 18.8 Å². The topological polar surface area (TPSA) is 54.5 Å². The lowest BCUT2D eigenvalue weighted by molar-refractivity contribution is -0.130. The zero-order valence-corrected chi connectivity index (χ0v) is 13.5. The summed E-state index contributed by atoms with van der Waals surface area (Å²) in [5, 5.41) is 0. The van der Waals surface area contributed by atoms with Crippen LogP contribution >= 0.6 is 0 Å². The Bertz CT molecular complexity index is 576. The Morgan fingerprint density at radius 3 is 2.41 bits per heavy atom. The van der Waals surface area contributed by atoms with Gasteiger partial charge in [0.2, 0.25) is 11.8 Å². The van der Waals surface area contributed by atoms with Crippen LogP contribution in [-0.2, 0) is 14.4 Å². The molecule has 1 saturated heterocycles. The molecular weight excluding hydrogens is 278 g/mol. The zero-order chi connectivity index (χ0) is 16.3. The number of carbonyl (C=O) groups excluding carboxylic acids is 3. The van der Waals surface area contributed by atoms with Crippen molar-refractivity contribution >= 4 is 23.3 Å². The van der Waals surface area contributed by atoms with Gasteiger partial charge in [-0.1, -0.05) is 31.5 Å². The molecule has 0 saturated carbocycles. The summed E-state index contributed by atoms with van der Waals surface area (Å²) in [4.78, 5) is 38.4. The van der Waals surface area contributed by atoms with Crippen molar-refractivity contribution in [3.8, 4) is 0 Å². The first-order valence-corrected chi connectivity index (χ1v) is 7.95. The molecule has 2 rings (SSSR count). The van der Waals surface area contributed by atoms with Crippen LogP contribution in [0.3, 0.4) is 0 Å².